The minimum atomic E-state index is -0.939. The average molecular weight is 256 g/mol. The van der Waals surface area contributed by atoms with Crippen molar-refractivity contribution >= 4 is 12.0 Å². The van der Waals surface area contributed by atoms with E-state index in [0.29, 0.717) is 11.8 Å². The summed E-state index contributed by atoms with van der Waals surface area (Å²) >= 11 is 0. The van der Waals surface area contributed by atoms with Crippen LogP contribution in [0.25, 0.3) is 0 Å². The molecular weight excluding hydrogens is 232 g/mol. The highest BCUT2D eigenvalue weighted by molar-refractivity contribution is 5.77. The highest BCUT2D eigenvalue weighted by Crippen LogP contribution is 2.30. The van der Waals surface area contributed by atoms with Crippen LogP contribution in [0.4, 0.5) is 4.79 Å². The third-order valence-electron chi connectivity index (χ3n) is 4.05. The highest BCUT2D eigenvalue weighted by Gasteiger charge is 2.32. The fraction of sp³-hybridized carbons (Fsp3) is 0.846. The van der Waals surface area contributed by atoms with Gasteiger partial charge >= 0.3 is 12.0 Å². The number of rotatable bonds is 4. The minimum absolute atomic E-state index is 0.130. The molecule has 3 atom stereocenters. The normalized spacial score (nSPS) is 27.9. The van der Waals surface area contributed by atoms with Crippen molar-refractivity contribution in [3.8, 4) is 0 Å². The SMILES string of the molecule is CC1CCC(NC(=O)NCC(C)(C)C(=O)O)C1C. The fourth-order valence-electron chi connectivity index (χ4n) is 2.16. The summed E-state index contributed by atoms with van der Waals surface area (Å²) in [4.78, 5) is 22.6. The van der Waals surface area contributed by atoms with Crippen LogP contribution in [0.15, 0.2) is 0 Å². The largest absolute Gasteiger partial charge is 0.481 e. The van der Waals surface area contributed by atoms with Crippen LogP contribution in [-0.2, 0) is 4.79 Å². The van der Waals surface area contributed by atoms with Gasteiger partial charge in [0.1, 0.15) is 0 Å². The van der Waals surface area contributed by atoms with Gasteiger partial charge in [-0.3, -0.25) is 4.79 Å². The van der Waals surface area contributed by atoms with Crippen molar-refractivity contribution in [2.75, 3.05) is 6.54 Å². The van der Waals surface area contributed by atoms with E-state index in [1.165, 1.54) is 0 Å². The van der Waals surface area contributed by atoms with E-state index >= 15 is 0 Å². The summed E-state index contributed by atoms with van der Waals surface area (Å²) in [5.41, 5.74) is -0.939. The Hall–Kier alpha value is -1.26. The molecule has 0 radical (unpaired) electrons. The Labute approximate surface area is 108 Å². The second-order valence-corrected chi connectivity index (χ2v) is 6.04. The zero-order chi connectivity index (χ0) is 13.9. The molecule has 0 bridgehead atoms. The van der Waals surface area contributed by atoms with Gasteiger partial charge in [0.15, 0.2) is 0 Å². The van der Waals surface area contributed by atoms with Crippen molar-refractivity contribution in [3.05, 3.63) is 0 Å². The van der Waals surface area contributed by atoms with Gasteiger partial charge in [0.2, 0.25) is 0 Å². The molecule has 0 heterocycles. The number of hydrogen-bond acceptors (Lipinski definition) is 2. The second kappa shape index (κ2) is 5.59. The van der Waals surface area contributed by atoms with E-state index in [9.17, 15) is 9.59 Å². The molecule has 3 N–H and O–H groups in total. The first-order chi connectivity index (χ1) is 8.24. The van der Waals surface area contributed by atoms with Crippen LogP contribution in [-0.4, -0.2) is 29.7 Å². The van der Waals surface area contributed by atoms with Gasteiger partial charge in [-0.05, 0) is 38.5 Å². The monoisotopic (exact) mass is 256 g/mol. The maximum absolute atomic E-state index is 11.7. The lowest BCUT2D eigenvalue weighted by Crippen LogP contribution is -2.47. The number of carbonyl (C=O) groups is 2. The summed E-state index contributed by atoms with van der Waals surface area (Å²) in [5.74, 6) is 0.194. The predicted molar refractivity (Wildman–Crippen MR) is 69.3 cm³/mol. The van der Waals surface area contributed by atoms with Gasteiger partial charge in [0.25, 0.3) is 0 Å². The number of carboxylic acids is 1. The predicted octanol–water partition coefficient (Wildman–Crippen LogP) is 1.83. The molecule has 18 heavy (non-hydrogen) atoms. The van der Waals surface area contributed by atoms with Gasteiger partial charge in [-0.1, -0.05) is 13.8 Å². The maximum Gasteiger partial charge on any atom is 0.315 e. The number of nitrogens with one attached hydrogen (secondary N) is 2. The first kappa shape index (κ1) is 14.8. The lowest BCUT2D eigenvalue weighted by molar-refractivity contribution is -0.146. The highest BCUT2D eigenvalue weighted by atomic mass is 16.4. The van der Waals surface area contributed by atoms with Crippen molar-refractivity contribution < 1.29 is 14.7 Å². The molecule has 104 valence electrons. The van der Waals surface area contributed by atoms with E-state index in [1.807, 2.05) is 0 Å². The van der Waals surface area contributed by atoms with E-state index < -0.39 is 11.4 Å². The van der Waals surface area contributed by atoms with Crippen LogP contribution >= 0.6 is 0 Å². The van der Waals surface area contributed by atoms with Crippen LogP contribution in [0, 0.1) is 17.3 Å². The lowest BCUT2D eigenvalue weighted by atomic mass is 9.94. The zero-order valence-corrected chi connectivity index (χ0v) is 11.6. The zero-order valence-electron chi connectivity index (χ0n) is 11.6. The molecule has 1 aliphatic carbocycles. The molecule has 0 aromatic heterocycles. The first-order valence-corrected chi connectivity index (χ1v) is 6.52. The first-order valence-electron chi connectivity index (χ1n) is 6.52. The molecule has 2 amide bonds. The van der Waals surface area contributed by atoms with E-state index in [1.54, 1.807) is 13.8 Å². The number of carboxylic acid groups (broad SMARTS) is 1. The molecule has 0 saturated heterocycles. The third kappa shape index (κ3) is 3.62. The molecule has 5 nitrogen and oxygen atoms in total. The Bertz CT molecular complexity index is 328. The number of amides is 2. The second-order valence-electron chi connectivity index (χ2n) is 6.04. The van der Waals surface area contributed by atoms with Gasteiger partial charge in [0.05, 0.1) is 5.41 Å². The minimum Gasteiger partial charge on any atom is -0.481 e. The molecule has 0 aliphatic heterocycles. The van der Waals surface area contributed by atoms with Crippen molar-refractivity contribution in [1.29, 1.82) is 0 Å². The van der Waals surface area contributed by atoms with Gasteiger partial charge in [0, 0.05) is 12.6 Å². The Balaban J connectivity index is 2.37. The number of hydrogen-bond donors (Lipinski definition) is 3. The number of aliphatic carboxylic acids is 1. The van der Waals surface area contributed by atoms with Crippen LogP contribution < -0.4 is 10.6 Å². The van der Waals surface area contributed by atoms with Crippen LogP contribution in [0.1, 0.15) is 40.5 Å². The molecule has 1 fully saturated rings. The maximum atomic E-state index is 11.7. The van der Waals surface area contributed by atoms with Crippen molar-refractivity contribution in [1.82, 2.24) is 10.6 Å². The Morgan fingerprint density at radius 3 is 2.33 bits per heavy atom. The molecule has 3 unspecified atom stereocenters. The molecule has 0 aromatic rings. The Morgan fingerprint density at radius 2 is 1.89 bits per heavy atom. The fourth-order valence-corrected chi connectivity index (χ4v) is 2.16. The molecule has 1 aliphatic rings. The average Bonchev–Trinajstić information content (AvgIpc) is 2.58. The molecule has 0 spiro atoms. The van der Waals surface area contributed by atoms with E-state index in [0.717, 1.165) is 12.8 Å². The molecule has 1 saturated carbocycles. The van der Waals surface area contributed by atoms with Crippen molar-refractivity contribution in [2.45, 2.75) is 46.6 Å². The Kier molecular flexibility index (Phi) is 4.59. The number of urea groups is 1. The van der Waals surface area contributed by atoms with E-state index in [4.69, 9.17) is 5.11 Å². The summed E-state index contributed by atoms with van der Waals surface area (Å²) in [6.45, 7) is 7.65. The van der Waals surface area contributed by atoms with Crippen LogP contribution in [0.2, 0.25) is 0 Å². The van der Waals surface area contributed by atoms with Gasteiger partial charge < -0.3 is 15.7 Å². The quantitative estimate of drug-likeness (QED) is 0.718. The summed E-state index contributed by atoms with van der Waals surface area (Å²) in [6.07, 6.45) is 2.13. The van der Waals surface area contributed by atoms with E-state index in [-0.39, 0.29) is 18.6 Å². The number of carbonyl (C=O) groups excluding carboxylic acids is 1. The van der Waals surface area contributed by atoms with Crippen molar-refractivity contribution in [3.63, 3.8) is 0 Å². The smallest absolute Gasteiger partial charge is 0.315 e. The molecular formula is C13H24N2O3. The summed E-state index contributed by atoms with van der Waals surface area (Å²) in [7, 11) is 0. The summed E-state index contributed by atoms with van der Waals surface area (Å²) in [6, 6.07) is -0.0665. The van der Waals surface area contributed by atoms with Crippen LogP contribution in [0.3, 0.4) is 0 Å². The van der Waals surface area contributed by atoms with Gasteiger partial charge in [-0.2, -0.15) is 0 Å². The topological polar surface area (TPSA) is 78.4 Å². The molecule has 0 aromatic carbocycles. The standard InChI is InChI=1S/C13H24N2O3/c1-8-5-6-10(9(8)2)15-12(18)14-7-13(3,4)11(16)17/h8-10H,5-7H2,1-4H3,(H,16,17)(H2,14,15,18). The molecule has 5 heteroatoms. The summed E-state index contributed by atoms with van der Waals surface area (Å²) < 4.78 is 0. The van der Waals surface area contributed by atoms with E-state index in [2.05, 4.69) is 24.5 Å². The van der Waals surface area contributed by atoms with Crippen LogP contribution in [0.5, 0.6) is 0 Å². The third-order valence-corrected chi connectivity index (χ3v) is 4.05. The van der Waals surface area contributed by atoms with Gasteiger partial charge in [-0.25, -0.2) is 4.79 Å². The summed E-state index contributed by atoms with van der Waals surface area (Å²) in [5, 5.41) is 14.5. The van der Waals surface area contributed by atoms with Gasteiger partial charge in [-0.15, -0.1) is 0 Å². The van der Waals surface area contributed by atoms with Crippen molar-refractivity contribution in [2.24, 2.45) is 17.3 Å². The Morgan fingerprint density at radius 1 is 1.28 bits per heavy atom. The lowest BCUT2D eigenvalue weighted by Gasteiger charge is -2.23. The molecule has 1 rings (SSSR count).